The summed E-state index contributed by atoms with van der Waals surface area (Å²) in [5, 5.41) is 4.94. The highest BCUT2D eigenvalue weighted by atomic mass is 32.2. The Bertz CT molecular complexity index is 689. The van der Waals surface area contributed by atoms with Crippen LogP contribution in [0.4, 0.5) is 0 Å². The number of hydrogen-bond donors (Lipinski definition) is 2. The van der Waals surface area contributed by atoms with Crippen molar-refractivity contribution in [2.24, 2.45) is 7.05 Å². The number of nitrogens with zero attached hydrogens (tertiary/aromatic N) is 2. The van der Waals surface area contributed by atoms with Crippen LogP contribution in [0.2, 0.25) is 0 Å². The lowest BCUT2D eigenvalue weighted by molar-refractivity contribution is 0.577. The van der Waals surface area contributed by atoms with E-state index >= 15 is 0 Å². The zero-order valence-corrected chi connectivity index (χ0v) is 14.0. The van der Waals surface area contributed by atoms with Gasteiger partial charge in [-0.05, 0) is 6.07 Å². The van der Waals surface area contributed by atoms with Gasteiger partial charge >= 0.3 is 0 Å². The molecule has 0 aromatic carbocycles. The zero-order valence-electron chi connectivity index (χ0n) is 12.3. The predicted molar refractivity (Wildman–Crippen MR) is 83.5 cm³/mol. The summed E-state index contributed by atoms with van der Waals surface area (Å²) in [5.41, 5.74) is 0. The molecule has 116 valence electrons. The Balaban J connectivity index is 2.01. The molecule has 0 spiro atoms. The highest BCUT2D eigenvalue weighted by molar-refractivity contribution is 7.89. The van der Waals surface area contributed by atoms with Crippen molar-refractivity contribution in [3.63, 3.8) is 0 Å². The van der Waals surface area contributed by atoms with E-state index in [1.54, 1.807) is 28.4 Å². The molecule has 8 heteroatoms. The van der Waals surface area contributed by atoms with E-state index in [4.69, 9.17) is 0 Å². The van der Waals surface area contributed by atoms with Crippen LogP contribution in [0.15, 0.2) is 28.7 Å². The minimum atomic E-state index is -3.49. The Hall–Kier alpha value is -1.22. The van der Waals surface area contributed by atoms with Crippen molar-refractivity contribution >= 4 is 21.4 Å². The molecule has 0 unspecified atom stereocenters. The van der Waals surface area contributed by atoms with E-state index in [2.05, 4.69) is 28.9 Å². The third-order valence-corrected chi connectivity index (χ3v) is 5.43. The van der Waals surface area contributed by atoms with Gasteiger partial charge in [-0.1, -0.05) is 13.8 Å². The van der Waals surface area contributed by atoms with Crippen LogP contribution in [0.5, 0.6) is 0 Å². The van der Waals surface area contributed by atoms with Crippen LogP contribution in [0.1, 0.15) is 24.5 Å². The normalized spacial score (nSPS) is 12.2. The number of sulfonamides is 1. The second kappa shape index (κ2) is 6.69. The number of thiophene rings is 1. The molecular weight excluding hydrogens is 308 g/mol. The number of rotatable bonds is 7. The summed E-state index contributed by atoms with van der Waals surface area (Å²) in [5.74, 6) is 0.676. The molecule has 6 nitrogen and oxygen atoms in total. The molecule has 2 N–H and O–H groups in total. The predicted octanol–water partition coefficient (Wildman–Crippen LogP) is 1.46. The van der Waals surface area contributed by atoms with Crippen molar-refractivity contribution in [1.29, 1.82) is 0 Å². The van der Waals surface area contributed by atoms with E-state index in [9.17, 15) is 8.42 Å². The average molecular weight is 328 g/mol. The van der Waals surface area contributed by atoms with E-state index in [-0.39, 0.29) is 6.54 Å². The Morgan fingerprint density at radius 2 is 2.14 bits per heavy atom. The standard InChI is InChI=1S/C13H20N4O2S2/c1-10(2)15-7-11-6-12(9-20-11)21(18,19)16-8-13-14-4-5-17(13)3/h4-6,9-10,15-16H,7-8H2,1-3H3. The monoisotopic (exact) mass is 328 g/mol. The van der Waals surface area contributed by atoms with Crippen LogP contribution < -0.4 is 10.0 Å². The zero-order chi connectivity index (χ0) is 15.5. The second-order valence-corrected chi connectivity index (χ2v) is 7.83. The molecule has 0 amide bonds. The van der Waals surface area contributed by atoms with E-state index in [1.165, 1.54) is 11.3 Å². The maximum atomic E-state index is 12.2. The lowest BCUT2D eigenvalue weighted by Gasteiger charge is -2.06. The summed E-state index contributed by atoms with van der Waals surface area (Å²) in [6.45, 7) is 4.97. The van der Waals surface area contributed by atoms with Crippen LogP contribution in [-0.2, 0) is 30.2 Å². The maximum absolute atomic E-state index is 12.2. The Morgan fingerprint density at radius 1 is 1.38 bits per heavy atom. The fraction of sp³-hybridized carbons (Fsp3) is 0.462. The van der Waals surface area contributed by atoms with Crippen LogP contribution in [0, 0.1) is 0 Å². The summed E-state index contributed by atoms with van der Waals surface area (Å²) in [6, 6.07) is 2.08. The minimum Gasteiger partial charge on any atom is -0.337 e. The van der Waals surface area contributed by atoms with Gasteiger partial charge in [-0.25, -0.2) is 18.1 Å². The molecule has 0 atom stereocenters. The third kappa shape index (κ3) is 4.37. The molecule has 21 heavy (non-hydrogen) atoms. The first-order valence-electron chi connectivity index (χ1n) is 6.65. The molecule has 0 fully saturated rings. The molecule has 2 rings (SSSR count). The first kappa shape index (κ1) is 16.2. The summed E-state index contributed by atoms with van der Waals surface area (Å²) >= 11 is 1.44. The van der Waals surface area contributed by atoms with Gasteiger partial charge in [-0.2, -0.15) is 0 Å². The first-order chi connectivity index (χ1) is 9.88. The van der Waals surface area contributed by atoms with Gasteiger partial charge in [0.15, 0.2) is 0 Å². The fourth-order valence-electron chi connectivity index (χ4n) is 1.71. The SMILES string of the molecule is CC(C)NCc1cc(S(=O)(=O)NCc2nccn2C)cs1. The van der Waals surface area contributed by atoms with Gasteiger partial charge in [0.1, 0.15) is 5.82 Å². The van der Waals surface area contributed by atoms with Crippen LogP contribution in [0.25, 0.3) is 0 Å². The molecule has 0 bridgehead atoms. The lowest BCUT2D eigenvalue weighted by atomic mass is 10.4. The van der Waals surface area contributed by atoms with Gasteiger partial charge in [0, 0.05) is 42.3 Å². The smallest absolute Gasteiger partial charge is 0.241 e. The van der Waals surface area contributed by atoms with Gasteiger partial charge in [-0.3, -0.25) is 0 Å². The summed E-state index contributed by atoms with van der Waals surface area (Å²) in [4.78, 5) is 5.40. The molecule has 2 aromatic rings. The molecule has 0 saturated heterocycles. The molecule has 0 saturated carbocycles. The lowest BCUT2D eigenvalue weighted by Crippen LogP contribution is -2.24. The van der Waals surface area contributed by atoms with Crippen molar-refractivity contribution < 1.29 is 8.42 Å². The van der Waals surface area contributed by atoms with E-state index in [1.807, 2.05) is 7.05 Å². The summed E-state index contributed by atoms with van der Waals surface area (Å²) in [7, 11) is -1.66. The molecule has 0 aliphatic heterocycles. The van der Waals surface area contributed by atoms with Crippen LogP contribution in [-0.4, -0.2) is 24.0 Å². The average Bonchev–Trinajstić information content (AvgIpc) is 3.03. The van der Waals surface area contributed by atoms with Gasteiger partial charge in [-0.15, -0.1) is 11.3 Å². The molecular formula is C13H20N4O2S2. The van der Waals surface area contributed by atoms with Crippen LogP contribution >= 0.6 is 11.3 Å². The van der Waals surface area contributed by atoms with Gasteiger partial charge in [0.05, 0.1) is 11.4 Å². The molecule has 2 aromatic heterocycles. The van der Waals surface area contributed by atoms with Gasteiger partial charge in [0.25, 0.3) is 0 Å². The number of nitrogens with one attached hydrogen (secondary N) is 2. The maximum Gasteiger partial charge on any atom is 0.241 e. The highest BCUT2D eigenvalue weighted by Crippen LogP contribution is 2.19. The Labute approximate surface area is 129 Å². The summed E-state index contributed by atoms with van der Waals surface area (Å²) < 4.78 is 28.8. The van der Waals surface area contributed by atoms with Crippen LogP contribution in [0.3, 0.4) is 0 Å². The van der Waals surface area contributed by atoms with Crippen molar-refractivity contribution in [3.8, 4) is 0 Å². The Morgan fingerprint density at radius 3 is 2.76 bits per heavy atom. The molecule has 0 aliphatic rings. The van der Waals surface area contributed by atoms with Gasteiger partial charge in [0.2, 0.25) is 10.0 Å². The molecule has 0 radical (unpaired) electrons. The fourth-order valence-corrected chi connectivity index (χ4v) is 3.91. The largest absolute Gasteiger partial charge is 0.337 e. The topological polar surface area (TPSA) is 76.0 Å². The molecule has 2 heterocycles. The van der Waals surface area contributed by atoms with E-state index in [0.29, 0.717) is 23.3 Å². The molecule has 0 aliphatic carbocycles. The number of hydrogen-bond acceptors (Lipinski definition) is 5. The third-order valence-electron chi connectivity index (χ3n) is 2.97. The Kier molecular flexibility index (Phi) is 5.15. The highest BCUT2D eigenvalue weighted by Gasteiger charge is 2.16. The second-order valence-electron chi connectivity index (χ2n) is 5.06. The van der Waals surface area contributed by atoms with Crippen molar-refractivity contribution in [2.45, 2.75) is 37.9 Å². The van der Waals surface area contributed by atoms with Crippen molar-refractivity contribution in [2.75, 3.05) is 0 Å². The van der Waals surface area contributed by atoms with Gasteiger partial charge < -0.3 is 9.88 Å². The summed E-state index contributed by atoms with van der Waals surface area (Å²) in [6.07, 6.45) is 3.42. The minimum absolute atomic E-state index is 0.182. The van der Waals surface area contributed by atoms with E-state index < -0.39 is 10.0 Å². The number of aromatic nitrogens is 2. The quantitative estimate of drug-likeness (QED) is 0.807. The van der Waals surface area contributed by atoms with Crippen molar-refractivity contribution in [1.82, 2.24) is 19.6 Å². The number of imidazole rings is 1. The number of aryl methyl sites for hydroxylation is 1. The van der Waals surface area contributed by atoms with Crippen molar-refractivity contribution in [3.05, 3.63) is 34.5 Å². The van der Waals surface area contributed by atoms with E-state index in [0.717, 1.165) is 4.88 Å². The first-order valence-corrected chi connectivity index (χ1v) is 9.01.